The van der Waals surface area contributed by atoms with Crippen molar-refractivity contribution < 1.29 is 9.59 Å². The fraction of sp³-hybridized carbons (Fsp3) is 0.350. The second-order valence-electron chi connectivity index (χ2n) is 6.44. The summed E-state index contributed by atoms with van der Waals surface area (Å²) < 4.78 is 0. The highest BCUT2D eigenvalue weighted by Crippen LogP contribution is 2.17. The quantitative estimate of drug-likeness (QED) is 0.836. The van der Waals surface area contributed by atoms with Crippen molar-refractivity contribution in [2.24, 2.45) is 0 Å². The molecule has 25 heavy (non-hydrogen) atoms. The number of nitrogens with zero attached hydrogens (tertiary/aromatic N) is 1. The van der Waals surface area contributed by atoms with Crippen molar-refractivity contribution in [3.63, 3.8) is 0 Å². The minimum absolute atomic E-state index is 0.0809. The Morgan fingerprint density at radius 2 is 1.72 bits per heavy atom. The van der Waals surface area contributed by atoms with Crippen molar-refractivity contribution in [3.05, 3.63) is 59.4 Å². The summed E-state index contributed by atoms with van der Waals surface area (Å²) in [4.78, 5) is 28.6. The van der Waals surface area contributed by atoms with Gasteiger partial charge in [-0.25, -0.2) is 0 Å². The second kappa shape index (κ2) is 8.42. The molecule has 1 aromatic heterocycles. The molecule has 132 valence electrons. The third-order valence-electron chi connectivity index (χ3n) is 4.08. The first-order valence-electron chi connectivity index (χ1n) is 8.59. The van der Waals surface area contributed by atoms with Gasteiger partial charge in [-0.1, -0.05) is 32.9 Å². The van der Waals surface area contributed by atoms with Gasteiger partial charge in [-0.15, -0.1) is 0 Å². The largest absolute Gasteiger partial charge is 0.350 e. The maximum Gasteiger partial charge on any atom is 0.274 e. The first-order valence-corrected chi connectivity index (χ1v) is 8.59. The van der Waals surface area contributed by atoms with Gasteiger partial charge in [0.1, 0.15) is 5.69 Å². The number of carbonyl (C=O) groups excluding carboxylic acids is 2. The number of benzene rings is 1. The van der Waals surface area contributed by atoms with Crippen LogP contribution in [0.2, 0.25) is 0 Å². The highest BCUT2D eigenvalue weighted by Gasteiger charge is 2.13. The number of nitrogens with one attached hydrogen (secondary N) is 2. The van der Waals surface area contributed by atoms with Crippen LogP contribution in [0.3, 0.4) is 0 Å². The fourth-order valence-corrected chi connectivity index (χ4v) is 2.25. The average molecular weight is 339 g/mol. The van der Waals surface area contributed by atoms with Gasteiger partial charge in [0.25, 0.3) is 11.8 Å². The predicted octanol–water partition coefficient (Wildman–Crippen LogP) is 3.99. The number of hydrogen-bond acceptors (Lipinski definition) is 3. The van der Waals surface area contributed by atoms with E-state index in [0.29, 0.717) is 17.2 Å². The summed E-state index contributed by atoms with van der Waals surface area (Å²) in [6, 6.07) is 10.9. The summed E-state index contributed by atoms with van der Waals surface area (Å²) in [5.74, 6) is -0.102. The minimum atomic E-state index is -0.338. The second-order valence-corrected chi connectivity index (χ2v) is 6.44. The Kier molecular flexibility index (Phi) is 6.28. The molecule has 0 fully saturated rings. The highest BCUT2D eigenvalue weighted by molar-refractivity contribution is 6.04. The molecule has 0 radical (unpaired) electrons. The van der Waals surface area contributed by atoms with Crippen molar-refractivity contribution in [2.45, 2.75) is 46.1 Å². The maximum absolute atomic E-state index is 12.4. The zero-order chi connectivity index (χ0) is 18.4. The lowest BCUT2D eigenvalue weighted by Crippen LogP contribution is -2.32. The Hall–Kier alpha value is -2.69. The normalized spacial score (nSPS) is 11.9. The molecule has 0 saturated carbocycles. The lowest BCUT2D eigenvalue weighted by atomic mass is 10.0. The van der Waals surface area contributed by atoms with E-state index in [0.717, 1.165) is 6.42 Å². The molecule has 0 bridgehead atoms. The van der Waals surface area contributed by atoms with Crippen molar-refractivity contribution in [3.8, 4) is 0 Å². The number of anilines is 1. The molecule has 2 aromatic rings. The van der Waals surface area contributed by atoms with E-state index in [1.165, 1.54) is 17.8 Å². The summed E-state index contributed by atoms with van der Waals surface area (Å²) in [6.45, 7) is 8.18. The average Bonchev–Trinajstić information content (AvgIpc) is 2.62. The van der Waals surface area contributed by atoms with E-state index in [9.17, 15) is 9.59 Å². The molecule has 2 N–H and O–H groups in total. The topological polar surface area (TPSA) is 71.1 Å². The van der Waals surface area contributed by atoms with E-state index < -0.39 is 0 Å². The Balaban J connectivity index is 2.09. The Bertz CT molecular complexity index is 739. The van der Waals surface area contributed by atoms with Crippen molar-refractivity contribution in [1.29, 1.82) is 0 Å². The minimum Gasteiger partial charge on any atom is -0.350 e. The van der Waals surface area contributed by atoms with Gasteiger partial charge in [0.2, 0.25) is 0 Å². The van der Waals surface area contributed by atoms with Crippen LogP contribution >= 0.6 is 0 Å². The van der Waals surface area contributed by atoms with Gasteiger partial charge in [-0.3, -0.25) is 14.6 Å². The van der Waals surface area contributed by atoms with Crippen molar-refractivity contribution in [1.82, 2.24) is 10.3 Å². The fourth-order valence-electron chi connectivity index (χ4n) is 2.25. The Labute approximate surface area is 148 Å². The molecule has 1 atom stereocenters. The number of amides is 2. The van der Waals surface area contributed by atoms with Crippen LogP contribution in [0, 0.1) is 0 Å². The van der Waals surface area contributed by atoms with Crippen LogP contribution in [-0.4, -0.2) is 22.8 Å². The van der Waals surface area contributed by atoms with E-state index in [2.05, 4.69) is 29.5 Å². The summed E-state index contributed by atoms with van der Waals surface area (Å²) >= 11 is 0. The molecular formula is C20H25N3O2. The first-order chi connectivity index (χ1) is 11.9. The standard InChI is InChI=1S/C20H25N3O2/c1-5-14(4)22-19(24)16-10-11-21-18(12-16)20(25)23-17-8-6-15(7-9-17)13(2)3/h6-14H,5H2,1-4H3,(H,22,24)(H,23,25). The molecule has 0 aliphatic rings. The summed E-state index contributed by atoms with van der Waals surface area (Å²) in [5, 5.41) is 5.69. The van der Waals surface area contributed by atoms with E-state index in [1.54, 1.807) is 6.07 Å². The zero-order valence-electron chi connectivity index (χ0n) is 15.2. The summed E-state index contributed by atoms with van der Waals surface area (Å²) in [5.41, 5.74) is 2.55. The number of carbonyl (C=O) groups is 2. The predicted molar refractivity (Wildman–Crippen MR) is 99.9 cm³/mol. The maximum atomic E-state index is 12.4. The molecule has 1 heterocycles. The van der Waals surface area contributed by atoms with Crippen molar-refractivity contribution in [2.75, 3.05) is 5.32 Å². The lowest BCUT2D eigenvalue weighted by molar-refractivity contribution is 0.0939. The molecule has 0 spiro atoms. The molecule has 5 heteroatoms. The van der Waals surface area contributed by atoms with Crippen LogP contribution < -0.4 is 10.6 Å². The zero-order valence-corrected chi connectivity index (χ0v) is 15.2. The molecule has 0 aliphatic carbocycles. The summed E-state index contributed by atoms with van der Waals surface area (Å²) in [6.07, 6.45) is 2.32. The third kappa shape index (κ3) is 5.14. The summed E-state index contributed by atoms with van der Waals surface area (Å²) in [7, 11) is 0. The molecule has 0 aliphatic heterocycles. The van der Waals surface area contributed by atoms with Crippen LogP contribution in [0.5, 0.6) is 0 Å². The van der Waals surface area contributed by atoms with Gasteiger partial charge in [0, 0.05) is 23.5 Å². The number of rotatable bonds is 6. The van der Waals surface area contributed by atoms with Crippen LogP contribution in [0.15, 0.2) is 42.6 Å². The van der Waals surface area contributed by atoms with E-state index in [1.807, 2.05) is 38.1 Å². The van der Waals surface area contributed by atoms with Crippen LogP contribution in [0.1, 0.15) is 66.4 Å². The van der Waals surface area contributed by atoms with E-state index in [-0.39, 0.29) is 23.6 Å². The molecule has 2 amide bonds. The highest BCUT2D eigenvalue weighted by atomic mass is 16.2. The molecule has 1 aromatic carbocycles. The molecule has 5 nitrogen and oxygen atoms in total. The molecular weight excluding hydrogens is 314 g/mol. The van der Waals surface area contributed by atoms with Gasteiger partial charge < -0.3 is 10.6 Å². The molecule has 0 saturated heterocycles. The number of hydrogen-bond donors (Lipinski definition) is 2. The van der Waals surface area contributed by atoms with Crippen molar-refractivity contribution >= 4 is 17.5 Å². The first kappa shape index (κ1) is 18.6. The lowest BCUT2D eigenvalue weighted by Gasteiger charge is -2.12. The van der Waals surface area contributed by atoms with Gasteiger partial charge in [0.05, 0.1) is 0 Å². The monoisotopic (exact) mass is 339 g/mol. The van der Waals surface area contributed by atoms with E-state index >= 15 is 0 Å². The van der Waals surface area contributed by atoms with E-state index in [4.69, 9.17) is 0 Å². The van der Waals surface area contributed by atoms with Gasteiger partial charge in [-0.05, 0) is 49.1 Å². The smallest absolute Gasteiger partial charge is 0.274 e. The molecule has 1 unspecified atom stereocenters. The van der Waals surface area contributed by atoms with Gasteiger partial charge >= 0.3 is 0 Å². The Morgan fingerprint density at radius 3 is 2.32 bits per heavy atom. The van der Waals surface area contributed by atoms with Gasteiger partial charge in [-0.2, -0.15) is 0 Å². The SMILES string of the molecule is CCC(C)NC(=O)c1ccnc(C(=O)Nc2ccc(C(C)C)cc2)c1. The molecule has 2 rings (SSSR count). The number of pyridine rings is 1. The van der Waals surface area contributed by atoms with Gasteiger partial charge in [0.15, 0.2) is 0 Å². The number of aromatic nitrogens is 1. The van der Waals surface area contributed by atoms with Crippen LogP contribution in [0.4, 0.5) is 5.69 Å². The van der Waals surface area contributed by atoms with Crippen LogP contribution in [0.25, 0.3) is 0 Å². The van der Waals surface area contributed by atoms with Crippen LogP contribution in [-0.2, 0) is 0 Å². The Morgan fingerprint density at radius 1 is 1.04 bits per heavy atom. The third-order valence-corrected chi connectivity index (χ3v) is 4.08.